The molecule has 0 fully saturated rings. The van der Waals surface area contributed by atoms with Crippen molar-refractivity contribution in [1.29, 1.82) is 0 Å². The first kappa shape index (κ1) is 43.9. The van der Waals surface area contributed by atoms with Crippen LogP contribution in [0.15, 0.2) is 235 Å². The quantitative estimate of drug-likeness (QED) is 0.124. The largest absolute Gasteiger partial charge is 0.365 e. The molecule has 2 aliphatic heterocycles. The molecule has 68 heavy (non-hydrogen) atoms. The average molecular weight is 883 g/mol. The predicted octanol–water partition coefficient (Wildman–Crippen LogP) is 16.8. The summed E-state index contributed by atoms with van der Waals surface area (Å²) in [6.45, 7) is 11.2. The van der Waals surface area contributed by atoms with Crippen molar-refractivity contribution in [2.45, 2.75) is 52.2 Å². The Hall–Kier alpha value is -7.95. The van der Waals surface area contributed by atoms with E-state index in [4.69, 9.17) is 4.99 Å². The Morgan fingerprint density at radius 2 is 1.28 bits per heavy atom. The molecular weight excluding hydrogens is 825 g/mol. The second-order valence-corrected chi connectivity index (χ2v) is 18.7. The molecule has 0 spiro atoms. The zero-order valence-corrected chi connectivity index (χ0v) is 39.6. The first-order valence-electron chi connectivity index (χ1n) is 23.9. The number of dihydropyridines is 2. The lowest BCUT2D eigenvalue weighted by atomic mass is 9.80. The molecule has 2 aliphatic rings. The van der Waals surface area contributed by atoms with Crippen LogP contribution in [0.25, 0.3) is 55.9 Å². The summed E-state index contributed by atoms with van der Waals surface area (Å²) in [5.41, 5.74) is 16.4. The molecular formula is C64H58N4. The van der Waals surface area contributed by atoms with Crippen LogP contribution in [0.1, 0.15) is 57.9 Å². The summed E-state index contributed by atoms with van der Waals surface area (Å²) >= 11 is 0. The lowest BCUT2D eigenvalue weighted by molar-refractivity contribution is 0.369. The molecule has 2 atom stereocenters. The highest BCUT2D eigenvalue weighted by Crippen LogP contribution is 2.47. The summed E-state index contributed by atoms with van der Waals surface area (Å²) in [6, 6.07) is 66.1. The topological polar surface area (TPSA) is 32.6 Å². The minimum absolute atomic E-state index is 0.447. The smallest absolute Gasteiger partial charge is 0.131 e. The number of hydrogen-bond acceptors (Lipinski definition) is 3. The van der Waals surface area contributed by atoms with E-state index >= 15 is 0 Å². The fourth-order valence-electron chi connectivity index (χ4n) is 9.92. The van der Waals surface area contributed by atoms with Gasteiger partial charge in [0, 0.05) is 40.5 Å². The van der Waals surface area contributed by atoms with E-state index in [1.165, 1.54) is 44.3 Å². The number of para-hydroxylation sites is 1. The first-order valence-corrected chi connectivity index (χ1v) is 23.9. The van der Waals surface area contributed by atoms with Gasteiger partial charge in [0.2, 0.25) is 0 Å². The van der Waals surface area contributed by atoms with Crippen molar-refractivity contribution in [3.05, 3.63) is 247 Å². The Morgan fingerprint density at radius 3 is 1.99 bits per heavy atom. The number of nitrogens with one attached hydrogen (secondary N) is 1. The first-order chi connectivity index (χ1) is 33.2. The van der Waals surface area contributed by atoms with Gasteiger partial charge in [0.25, 0.3) is 0 Å². The van der Waals surface area contributed by atoms with E-state index in [9.17, 15) is 0 Å². The van der Waals surface area contributed by atoms with Gasteiger partial charge < -0.3 is 14.8 Å². The Bertz CT molecular complexity index is 3270. The number of hydrogen-bond donors (Lipinski definition) is 1. The second-order valence-electron chi connectivity index (χ2n) is 18.7. The number of allylic oxidation sites excluding steroid dienone is 6. The molecule has 4 heteroatoms. The van der Waals surface area contributed by atoms with Gasteiger partial charge in [0.1, 0.15) is 5.66 Å². The molecule has 0 radical (unpaired) electrons. The summed E-state index contributed by atoms with van der Waals surface area (Å²) in [7, 11) is 0. The zero-order valence-electron chi connectivity index (χ0n) is 39.6. The summed E-state index contributed by atoms with van der Waals surface area (Å²) in [5.74, 6) is 0.447. The Labute approximate surface area is 402 Å². The molecule has 8 aromatic rings. The molecule has 0 bridgehead atoms. The maximum absolute atomic E-state index is 5.32. The van der Waals surface area contributed by atoms with Crippen molar-refractivity contribution >= 4 is 45.8 Å². The van der Waals surface area contributed by atoms with Crippen LogP contribution in [0.5, 0.6) is 0 Å². The van der Waals surface area contributed by atoms with E-state index in [0.29, 0.717) is 5.92 Å². The highest BCUT2D eigenvalue weighted by molar-refractivity contribution is 6.03. The normalized spacial score (nSPS) is 18.0. The molecule has 0 saturated carbocycles. The van der Waals surface area contributed by atoms with Crippen LogP contribution >= 0.6 is 0 Å². The van der Waals surface area contributed by atoms with E-state index in [2.05, 4.69) is 280 Å². The van der Waals surface area contributed by atoms with Crippen LogP contribution in [-0.2, 0) is 11.2 Å². The number of benzene rings is 7. The number of aromatic nitrogens is 1. The number of fused-ring (bicyclic) bond motifs is 1. The van der Waals surface area contributed by atoms with Crippen LogP contribution in [-0.4, -0.2) is 10.8 Å². The molecule has 7 aromatic carbocycles. The molecule has 334 valence electrons. The van der Waals surface area contributed by atoms with Gasteiger partial charge in [-0.15, -0.1) is 0 Å². The predicted molar refractivity (Wildman–Crippen MR) is 291 cm³/mol. The van der Waals surface area contributed by atoms with E-state index in [-0.39, 0.29) is 0 Å². The van der Waals surface area contributed by atoms with E-state index in [1.54, 1.807) is 0 Å². The molecule has 1 unspecified atom stereocenters. The van der Waals surface area contributed by atoms with Gasteiger partial charge in [-0.05, 0) is 126 Å². The summed E-state index contributed by atoms with van der Waals surface area (Å²) in [4.78, 5) is 7.77. The van der Waals surface area contributed by atoms with E-state index < -0.39 is 11.2 Å². The molecule has 3 heterocycles. The van der Waals surface area contributed by atoms with Gasteiger partial charge in [-0.2, -0.15) is 0 Å². The maximum Gasteiger partial charge on any atom is 0.131 e. The van der Waals surface area contributed by atoms with Crippen LogP contribution in [0.2, 0.25) is 0 Å². The highest BCUT2D eigenvalue weighted by atomic mass is 15.2. The Kier molecular flexibility index (Phi) is 12.1. The number of rotatable bonds is 12. The molecule has 1 N–H and O–H groups in total. The molecule has 10 rings (SSSR count). The fourth-order valence-corrected chi connectivity index (χ4v) is 9.92. The third-order valence-corrected chi connectivity index (χ3v) is 13.5. The van der Waals surface area contributed by atoms with Gasteiger partial charge in [-0.1, -0.05) is 190 Å². The maximum atomic E-state index is 5.32. The van der Waals surface area contributed by atoms with Crippen LogP contribution in [0, 0.1) is 5.92 Å². The fraction of sp³-hybridized carbons (Fsp3) is 0.141. The van der Waals surface area contributed by atoms with Crippen molar-refractivity contribution in [1.82, 2.24) is 9.88 Å². The molecule has 4 nitrogen and oxygen atoms in total. The molecule has 0 amide bonds. The van der Waals surface area contributed by atoms with Crippen LogP contribution in [0.3, 0.4) is 0 Å². The van der Waals surface area contributed by atoms with Crippen molar-refractivity contribution in [3.8, 4) is 33.4 Å². The summed E-state index contributed by atoms with van der Waals surface area (Å²) in [6.07, 6.45) is 20.3. The molecule has 1 aromatic heterocycles. The number of anilines is 3. The number of aliphatic imine (C=N–C) groups is 1. The van der Waals surface area contributed by atoms with Gasteiger partial charge in [0.15, 0.2) is 0 Å². The minimum Gasteiger partial charge on any atom is -0.365 e. The van der Waals surface area contributed by atoms with Gasteiger partial charge in [-0.25, -0.2) is 0 Å². The molecule has 0 saturated heterocycles. The monoisotopic (exact) mass is 882 g/mol. The van der Waals surface area contributed by atoms with Gasteiger partial charge >= 0.3 is 0 Å². The van der Waals surface area contributed by atoms with Crippen molar-refractivity contribution in [2.24, 2.45) is 10.9 Å². The van der Waals surface area contributed by atoms with E-state index in [0.717, 1.165) is 51.4 Å². The zero-order chi connectivity index (χ0) is 46.7. The highest BCUT2D eigenvalue weighted by Gasteiger charge is 2.33. The number of nitrogens with zero attached hydrogens (tertiary/aromatic N) is 3. The van der Waals surface area contributed by atoms with Crippen LogP contribution < -0.4 is 10.2 Å². The van der Waals surface area contributed by atoms with Crippen LogP contribution in [0.4, 0.5) is 17.1 Å². The third kappa shape index (κ3) is 8.62. The van der Waals surface area contributed by atoms with Crippen molar-refractivity contribution in [3.63, 3.8) is 0 Å². The van der Waals surface area contributed by atoms with E-state index in [1.807, 2.05) is 6.20 Å². The SMILES string of the molecule is CC1=C(c2ccc(-c3ccccc3)cc2)CC(C)(c2cccc(N(c3ccc4c(-c5ccccc5)c(/C=C/C=C\C(C)C)n([C@]5(C)C=CC=CN5)c4c3)c3ccccc3-c3ccccc3)c2)N=C1. The standard InChI is InChI=1S/C64H58N4/c1-46(2)22-15-17-33-60-62(52-27-13-8-14-28-52)57-39-38-55(43-61(57)68(60)64(5)40-19-20-41-65-64)67(59-32-18-16-31-56(59)50-25-11-7-12-26-50)54-30-21-29-53(42-54)63(4)44-58(47(3)45-66-63)51-36-34-49(35-37-51)48-23-9-6-10-24-48/h6-43,45-46,65H,44H2,1-5H3/b22-15-,33-17+/t63?,64-/m1/s1. The Balaban J connectivity index is 1.14. The molecule has 0 aliphatic carbocycles. The lowest BCUT2D eigenvalue weighted by Gasteiger charge is -2.34. The van der Waals surface area contributed by atoms with Crippen molar-refractivity contribution < 1.29 is 0 Å². The average Bonchev–Trinajstić information content (AvgIpc) is 3.71. The third-order valence-electron chi connectivity index (χ3n) is 13.5. The van der Waals surface area contributed by atoms with Gasteiger partial charge in [0.05, 0.1) is 22.4 Å². The summed E-state index contributed by atoms with van der Waals surface area (Å²) < 4.78 is 2.48. The lowest BCUT2D eigenvalue weighted by Crippen LogP contribution is -2.41. The minimum atomic E-state index is -0.564. The van der Waals surface area contributed by atoms with Crippen molar-refractivity contribution in [2.75, 3.05) is 4.90 Å². The Morgan fingerprint density at radius 1 is 0.632 bits per heavy atom. The van der Waals surface area contributed by atoms with Gasteiger partial charge in [-0.3, -0.25) is 4.99 Å². The summed E-state index contributed by atoms with van der Waals surface area (Å²) in [5, 5.41) is 4.93. The second kappa shape index (κ2) is 18.7.